The SMILES string of the molecule is CCNc1ccc2ccccc2c1N=O. The van der Waals surface area contributed by atoms with Gasteiger partial charge in [-0.15, -0.1) is 4.91 Å². The van der Waals surface area contributed by atoms with Crippen molar-refractivity contribution < 1.29 is 0 Å². The van der Waals surface area contributed by atoms with E-state index < -0.39 is 0 Å². The van der Waals surface area contributed by atoms with E-state index in [2.05, 4.69) is 10.5 Å². The number of benzene rings is 2. The molecule has 0 radical (unpaired) electrons. The number of hydrogen-bond donors (Lipinski definition) is 1. The van der Waals surface area contributed by atoms with Gasteiger partial charge < -0.3 is 5.32 Å². The van der Waals surface area contributed by atoms with Crippen LogP contribution in [-0.2, 0) is 0 Å². The zero-order valence-corrected chi connectivity index (χ0v) is 8.53. The summed E-state index contributed by atoms with van der Waals surface area (Å²) in [4.78, 5) is 10.8. The summed E-state index contributed by atoms with van der Waals surface area (Å²) >= 11 is 0. The van der Waals surface area contributed by atoms with Crippen LogP contribution in [0, 0.1) is 4.91 Å². The molecule has 2 rings (SSSR count). The number of anilines is 1. The van der Waals surface area contributed by atoms with E-state index in [-0.39, 0.29) is 0 Å². The van der Waals surface area contributed by atoms with Crippen molar-refractivity contribution in [1.82, 2.24) is 0 Å². The van der Waals surface area contributed by atoms with E-state index in [1.807, 2.05) is 43.3 Å². The topological polar surface area (TPSA) is 41.5 Å². The fourth-order valence-electron chi connectivity index (χ4n) is 1.69. The van der Waals surface area contributed by atoms with Crippen LogP contribution in [0.15, 0.2) is 41.6 Å². The molecule has 0 aromatic heterocycles. The number of nitrogens with one attached hydrogen (secondary N) is 1. The zero-order valence-electron chi connectivity index (χ0n) is 8.53. The zero-order chi connectivity index (χ0) is 10.7. The maximum Gasteiger partial charge on any atom is 0.138 e. The Morgan fingerprint density at radius 2 is 2.00 bits per heavy atom. The van der Waals surface area contributed by atoms with Gasteiger partial charge >= 0.3 is 0 Å². The van der Waals surface area contributed by atoms with Crippen molar-refractivity contribution >= 4 is 22.1 Å². The van der Waals surface area contributed by atoms with Crippen molar-refractivity contribution in [3.8, 4) is 0 Å². The summed E-state index contributed by atoms with van der Waals surface area (Å²) in [5.41, 5.74) is 1.29. The van der Waals surface area contributed by atoms with E-state index in [0.717, 1.165) is 23.0 Å². The molecule has 0 aliphatic heterocycles. The van der Waals surface area contributed by atoms with E-state index in [1.165, 1.54) is 0 Å². The molecular weight excluding hydrogens is 188 g/mol. The maximum atomic E-state index is 10.8. The quantitative estimate of drug-likeness (QED) is 0.768. The fourth-order valence-corrected chi connectivity index (χ4v) is 1.69. The van der Waals surface area contributed by atoms with Gasteiger partial charge in [0.1, 0.15) is 5.69 Å². The molecule has 76 valence electrons. The van der Waals surface area contributed by atoms with Crippen LogP contribution in [0.1, 0.15) is 6.92 Å². The average Bonchev–Trinajstić information content (AvgIpc) is 2.29. The lowest BCUT2D eigenvalue weighted by Gasteiger charge is -2.07. The maximum absolute atomic E-state index is 10.8. The third-order valence-electron chi connectivity index (χ3n) is 2.36. The van der Waals surface area contributed by atoms with E-state index in [1.54, 1.807) is 0 Å². The Balaban J connectivity index is 2.69. The van der Waals surface area contributed by atoms with E-state index in [9.17, 15) is 4.91 Å². The highest BCUT2D eigenvalue weighted by atomic mass is 16.3. The van der Waals surface area contributed by atoms with Crippen LogP contribution in [-0.4, -0.2) is 6.54 Å². The van der Waals surface area contributed by atoms with Gasteiger partial charge in [0.25, 0.3) is 0 Å². The van der Waals surface area contributed by atoms with Gasteiger partial charge in [-0.25, -0.2) is 0 Å². The number of rotatable bonds is 3. The van der Waals surface area contributed by atoms with Crippen molar-refractivity contribution in [2.75, 3.05) is 11.9 Å². The molecule has 2 aromatic carbocycles. The molecule has 3 nitrogen and oxygen atoms in total. The fraction of sp³-hybridized carbons (Fsp3) is 0.167. The molecule has 3 heteroatoms. The van der Waals surface area contributed by atoms with Crippen LogP contribution < -0.4 is 5.32 Å². The van der Waals surface area contributed by atoms with Crippen LogP contribution in [0.2, 0.25) is 0 Å². The number of nitroso groups, excluding NO2 is 1. The van der Waals surface area contributed by atoms with Gasteiger partial charge in [0, 0.05) is 11.9 Å². The lowest BCUT2D eigenvalue weighted by molar-refractivity contribution is 1.21. The molecule has 0 heterocycles. The first-order chi connectivity index (χ1) is 7.36. The molecular formula is C12H12N2O. The lowest BCUT2D eigenvalue weighted by atomic mass is 10.1. The minimum Gasteiger partial charge on any atom is -0.383 e. The van der Waals surface area contributed by atoms with Crippen LogP contribution in [0.4, 0.5) is 11.4 Å². The van der Waals surface area contributed by atoms with Gasteiger partial charge in [-0.3, -0.25) is 0 Å². The first kappa shape index (κ1) is 9.65. The van der Waals surface area contributed by atoms with Crippen molar-refractivity contribution in [3.05, 3.63) is 41.3 Å². The minimum absolute atomic E-state index is 0.495. The second-order valence-electron chi connectivity index (χ2n) is 3.30. The van der Waals surface area contributed by atoms with E-state index in [0.29, 0.717) is 5.69 Å². The second-order valence-corrected chi connectivity index (χ2v) is 3.30. The molecule has 0 atom stereocenters. The number of nitrogens with zero attached hydrogens (tertiary/aromatic N) is 1. The Kier molecular flexibility index (Phi) is 2.63. The Labute approximate surface area is 88.1 Å². The second kappa shape index (κ2) is 4.09. The Hall–Kier alpha value is -1.90. The molecule has 15 heavy (non-hydrogen) atoms. The smallest absolute Gasteiger partial charge is 0.138 e. The van der Waals surface area contributed by atoms with Crippen LogP contribution in [0.25, 0.3) is 10.8 Å². The third kappa shape index (κ3) is 1.68. The Morgan fingerprint density at radius 3 is 2.73 bits per heavy atom. The predicted octanol–water partition coefficient (Wildman–Crippen LogP) is 3.67. The van der Waals surface area contributed by atoms with Gasteiger partial charge in [-0.1, -0.05) is 30.3 Å². The molecule has 0 fully saturated rings. The van der Waals surface area contributed by atoms with Crippen molar-refractivity contribution in [3.63, 3.8) is 0 Å². The highest BCUT2D eigenvalue weighted by molar-refractivity contribution is 5.98. The number of hydrogen-bond acceptors (Lipinski definition) is 3. The highest BCUT2D eigenvalue weighted by Crippen LogP contribution is 2.33. The van der Waals surface area contributed by atoms with Gasteiger partial charge in [-0.2, -0.15) is 0 Å². The molecule has 0 saturated carbocycles. The summed E-state index contributed by atoms with van der Waals surface area (Å²) in [7, 11) is 0. The molecule has 0 unspecified atom stereocenters. The molecule has 0 bridgehead atoms. The van der Waals surface area contributed by atoms with Gasteiger partial charge in [0.05, 0.1) is 5.69 Å². The van der Waals surface area contributed by atoms with Crippen molar-refractivity contribution in [2.45, 2.75) is 6.92 Å². The third-order valence-corrected chi connectivity index (χ3v) is 2.36. The summed E-state index contributed by atoms with van der Waals surface area (Å²) in [5.74, 6) is 0. The molecule has 2 aromatic rings. The normalized spacial score (nSPS) is 10.2. The Morgan fingerprint density at radius 1 is 1.20 bits per heavy atom. The summed E-state index contributed by atoms with van der Waals surface area (Å²) in [6.07, 6.45) is 0. The van der Waals surface area contributed by atoms with Gasteiger partial charge in [-0.05, 0) is 23.6 Å². The minimum atomic E-state index is 0.495. The van der Waals surface area contributed by atoms with Crippen molar-refractivity contribution in [1.29, 1.82) is 0 Å². The standard InChI is InChI=1S/C12H12N2O/c1-2-13-11-8-7-9-5-3-4-6-10(9)12(11)14-15/h3-8,13H,2H2,1H3. The Bertz CT molecular complexity index is 494. The molecule has 0 saturated heterocycles. The van der Waals surface area contributed by atoms with Gasteiger partial charge in [0.15, 0.2) is 0 Å². The predicted molar refractivity (Wildman–Crippen MR) is 63.6 cm³/mol. The van der Waals surface area contributed by atoms with Crippen LogP contribution in [0.5, 0.6) is 0 Å². The monoisotopic (exact) mass is 200 g/mol. The molecule has 0 aliphatic carbocycles. The van der Waals surface area contributed by atoms with Crippen molar-refractivity contribution in [2.24, 2.45) is 5.18 Å². The summed E-state index contributed by atoms with van der Waals surface area (Å²) in [6.45, 7) is 2.77. The molecule has 0 amide bonds. The largest absolute Gasteiger partial charge is 0.383 e. The average molecular weight is 200 g/mol. The first-order valence-corrected chi connectivity index (χ1v) is 4.95. The number of fused-ring (bicyclic) bond motifs is 1. The van der Waals surface area contributed by atoms with Gasteiger partial charge in [0.2, 0.25) is 0 Å². The molecule has 0 aliphatic rings. The summed E-state index contributed by atoms with van der Waals surface area (Å²) in [5, 5.41) is 8.16. The van der Waals surface area contributed by atoms with E-state index >= 15 is 0 Å². The summed E-state index contributed by atoms with van der Waals surface area (Å²) in [6, 6.07) is 11.6. The van der Waals surface area contributed by atoms with Crippen LogP contribution >= 0.6 is 0 Å². The lowest BCUT2D eigenvalue weighted by Crippen LogP contribution is -1.96. The molecule has 1 N–H and O–H groups in total. The summed E-state index contributed by atoms with van der Waals surface area (Å²) < 4.78 is 0. The highest BCUT2D eigenvalue weighted by Gasteiger charge is 2.06. The molecule has 0 spiro atoms. The first-order valence-electron chi connectivity index (χ1n) is 4.95. The van der Waals surface area contributed by atoms with E-state index in [4.69, 9.17) is 0 Å². The van der Waals surface area contributed by atoms with Crippen LogP contribution in [0.3, 0.4) is 0 Å².